The first-order valence-electron chi connectivity index (χ1n) is 28.0. The average Bonchev–Trinajstić information content (AvgIpc) is 3.22. The smallest absolute Gasteiger partial charge is 0.332 e. The van der Waals surface area contributed by atoms with Gasteiger partial charge in [0.25, 0.3) is 47.7 Å². The molecule has 0 fully saturated rings. The number of methoxy groups -OCH3 is 4. The number of aliphatic imine (C=N–C) groups is 4. The molecule has 0 unspecified atom stereocenters. The molecule has 26 heteroatoms. The van der Waals surface area contributed by atoms with E-state index in [9.17, 15) is 58.8 Å². The van der Waals surface area contributed by atoms with Gasteiger partial charge in [0.2, 0.25) is 0 Å². The fourth-order valence-corrected chi connectivity index (χ4v) is 8.84. The Kier molecular flexibility index (Phi) is 26.6. The number of nitrogens with zero attached hydrogens (tertiary/aromatic N) is 8. The third-order valence-corrected chi connectivity index (χ3v) is 14.3. The van der Waals surface area contributed by atoms with E-state index in [1.54, 1.807) is 48.5 Å². The van der Waals surface area contributed by atoms with Crippen LogP contribution >= 0.6 is 0 Å². The number of aliphatic hydroxyl groups excluding tert-OH is 4. The van der Waals surface area contributed by atoms with Gasteiger partial charge in [0.1, 0.15) is 0 Å². The van der Waals surface area contributed by atoms with Crippen LogP contribution in [0.25, 0.3) is 0 Å². The van der Waals surface area contributed by atoms with Gasteiger partial charge in [-0.15, -0.1) is 0 Å². The van der Waals surface area contributed by atoms with Crippen molar-refractivity contribution in [3.8, 4) is 0 Å². The molecule has 4 aliphatic rings. The molecule has 4 heterocycles. The maximum atomic E-state index is 12.4. The fraction of sp³-hybridized carbons (Fsp3) is 0.438. The first-order valence-corrected chi connectivity index (χ1v) is 28.0. The summed E-state index contributed by atoms with van der Waals surface area (Å²) in [6, 6.07) is 23.4. The van der Waals surface area contributed by atoms with E-state index < -0.39 is 95.8 Å². The Morgan fingerprint density at radius 3 is 0.589 bits per heavy atom. The zero-order valence-electron chi connectivity index (χ0n) is 53.3. The van der Waals surface area contributed by atoms with Crippen LogP contribution in [0.15, 0.2) is 117 Å². The molecule has 24 nitrogen and oxygen atoms in total. The largest absolute Gasteiger partial charge is 0.480 e. The summed E-state index contributed by atoms with van der Waals surface area (Å²) in [6.07, 6.45) is 0. The maximum Gasteiger partial charge on any atom is 0.332 e. The molecule has 0 spiro atoms. The van der Waals surface area contributed by atoms with E-state index in [0.29, 0.717) is 22.3 Å². The minimum absolute atomic E-state index is 0. The zero-order valence-corrected chi connectivity index (χ0v) is 56.6. The summed E-state index contributed by atoms with van der Waals surface area (Å²) in [4.78, 5) is 115. The SMILES string of the molecule is COC(=O)[C@@H]1CN(C(=O)c2ccc(C(C)(C)C)cc2)C(O)=N1.COC(=O)[C@@H]1CN(C(=O)c2ccc(C(C)(C)C)cc2)C(O)=N1.COC(=O)[C@@H]1CN(C(=O)c2ccc(C(C)(C)C)cc2)C(O)=N1.COC(=O)[C@@H]1CN(C(=O)c2ccc(C(C)(C)C)cc2)C(O)=N1.[Rh].[Rh]. The summed E-state index contributed by atoms with van der Waals surface area (Å²) in [5.41, 5.74) is 6.13. The van der Waals surface area contributed by atoms with Gasteiger partial charge in [0.05, 0.1) is 54.6 Å². The van der Waals surface area contributed by atoms with Gasteiger partial charge in [-0.2, -0.15) is 0 Å². The Balaban J connectivity index is 0.000000311. The molecule has 0 bridgehead atoms. The predicted octanol–water partition coefficient (Wildman–Crippen LogP) is 7.58. The van der Waals surface area contributed by atoms with Crippen molar-refractivity contribution in [3.63, 3.8) is 0 Å². The topological polar surface area (TPSA) is 317 Å². The summed E-state index contributed by atoms with van der Waals surface area (Å²) in [7, 11) is 4.96. The van der Waals surface area contributed by atoms with Crippen molar-refractivity contribution in [2.75, 3.05) is 54.6 Å². The van der Waals surface area contributed by atoms with Gasteiger partial charge in [-0.1, -0.05) is 132 Å². The molecule has 490 valence electrons. The number of ether oxygens (including phenoxy) is 4. The van der Waals surface area contributed by atoms with E-state index in [4.69, 9.17) is 0 Å². The van der Waals surface area contributed by atoms with Crippen LogP contribution in [0.3, 0.4) is 0 Å². The van der Waals surface area contributed by atoms with Gasteiger partial charge >= 0.3 is 23.9 Å². The third kappa shape index (κ3) is 19.4. The molecule has 4 amide bonds. The van der Waals surface area contributed by atoms with Gasteiger partial charge in [0, 0.05) is 61.2 Å². The Morgan fingerprint density at radius 1 is 0.322 bits per heavy atom. The standard InChI is InChI=1S/4C16H20N2O4.2Rh/c4*1-16(2,3)11-7-5-10(6-8-11)13(19)18-9-12(14(20)22-4)17-15(18)21;;/h4*5-8,12H,9H2,1-4H3,(H,17,21);;/t4*12-;;/m0000../s1. The van der Waals surface area contributed by atoms with E-state index in [0.717, 1.165) is 41.9 Å². The number of aliphatic hydroxyl groups is 4. The second kappa shape index (κ2) is 31.5. The minimum atomic E-state index is -0.872. The average molecular weight is 1420 g/mol. The first-order chi connectivity index (χ1) is 40.9. The van der Waals surface area contributed by atoms with Crippen LogP contribution in [-0.4, -0.2) is 190 Å². The van der Waals surface area contributed by atoms with Crippen LogP contribution in [0.4, 0.5) is 0 Å². The van der Waals surface area contributed by atoms with Gasteiger partial charge in [-0.05, 0) is 92.4 Å². The van der Waals surface area contributed by atoms with E-state index in [1.165, 1.54) is 28.4 Å². The summed E-state index contributed by atoms with van der Waals surface area (Å²) < 4.78 is 18.3. The molecule has 8 rings (SSSR count). The molecule has 4 aromatic rings. The van der Waals surface area contributed by atoms with Gasteiger partial charge < -0.3 is 39.4 Å². The van der Waals surface area contributed by atoms with E-state index >= 15 is 0 Å². The van der Waals surface area contributed by atoms with Crippen LogP contribution in [0, 0.1) is 0 Å². The van der Waals surface area contributed by atoms with Crippen LogP contribution in [0.1, 0.15) is 147 Å². The number of carbonyl (C=O) groups excluding carboxylic acids is 8. The van der Waals surface area contributed by atoms with Crippen molar-refractivity contribution >= 4 is 71.6 Å². The Morgan fingerprint density at radius 2 is 0.467 bits per heavy atom. The number of amides is 4. The van der Waals surface area contributed by atoms with Crippen molar-refractivity contribution in [2.24, 2.45) is 20.0 Å². The number of benzene rings is 4. The summed E-state index contributed by atoms with van der Waals surface area (Å²) in [5.74, 6) is -3.90. The molecule has 4 aromatic carbocycles. The predicted molar refractivity (Wildman–Crippen MR) is 328 cm³/mol. The van der Waals surface area contributed by atoms with Crippen molar-refractivity contribution < 1.29 is 117 Å². The fourth-order valence-electron chi connectivity index (χ4n) is 8.84. The van der Waals surface area contributed by atoms with Gasteiger partial charge in [0.15, 0.2) is 24.2 Å². The van der Waals surface area contributed by atoms with E-state index in [2.05, 4.69) is 122 Å². The summed E-state index contributed by atoms with van der Waals surface area (Å²) >= 11 is 0. The summed E-state index contributed by atoms with van der Waals surface area (Å²) in [5, 5.41) is 39.1. The zero-order chi connectivity index (χ0) is 66.0. The molecule has 2 radical (unpaired) electrons. The van der Waals surface area contributed by atoms with Gasteiger partial charge in [-0.25, -0.2) is 39.1 Å². The normalized spacial score (nSPS) is 17.7. The Labute approximate surface area is 550 Å². The van der Waals surface area contributed by atoms with E-state index in [1.807, 2.05) is 48.5 Å². The summed E-state index contributed by atoms with van der Waals surface area (Å²) in [6.45, 7) is 25.0. The van der Waals surface area contributed by atoms with Crippen LogP contribution in [0.2, 0.25) is 0 Å². The quantitative estimate of drug-likeness (QED) is 0.0750. The number of carbonyl (C=O) groups is 8. The van der Waals surface area contributed by atoms with Crippen molar-refractivity contribution in [1.29, 1.82) is 0 Å². The van der Waals surface area contributed by atoms with Crippen LogP contribution < -0.4 is 0 Å². The molecular weight excluding hydrogens is 1340 g/mol. The Bertz CT molecular complexity index is 2920. The molecule has 4 N–H and O–H groups in total. The maximum absolute atomic E-state index is 12.4. The molecule has 0 aliphatic carbocycles. The van der Waals surface area contributed by atoms with E-state index in [-0.39, 0.29) is 86.8 Å². The third-order valence-electron chi connectivity index (χ3n) is 14.3. The molecule has 0 saturated carbocycles. The van der Waals surface area contributed by atoms with Crippen LogP contribution in [0.5, 0.6) is 0 Å². The monoisotopic (exact) mass is 1420 g/mol. The number of hydrogen-bond acceptors (Lipinski definition) is 16. The second-order valence-corrected chi connectivity index (χ2v) is 24.8. The first kappa shape index (κ1) is 76.0. The number of rotatable bonds is 8. The number of hydrogen-bond donors (Lipinski definition) is 4. The molecule has 0 aromatic heterocycles. The molecular formula is C64H80N8O16Rh2. The number of amidine groups is 4. The molecule has 4 atom stereocenters. The Hall–Kier alpha value is -8.23. The molecule has 4 aliphatic heterocycles. The van der Waals surface area contributed by atoms with Crippen LogP contribution in [-0.2, 0) is 98.7 Å². The van der Waals surface area contributed by atoms with Crippen molar-refractivity contribution in [2.45, 2.75) is 129 Å². The molecule has 90 heavy (non-hydrogen) atoms. The number of esters is 4. The van der Waals surface area contributed by atoms with Crippen molar-refractivity contribution in [1.82, 2.24) is 19.6 Å². The minimum Gasteiger partial charge on any atom is -0.480 e. The molecule has 0 saturated heterocycles. The second-order valence-electron chi connectivity index (χ2n) is 24.8. The van der Waals surface area contributed by atoms with Crippen molar-refractivity contribution in [3.05, 3.63) is 142 Å². The van der Waals surface area contributed by atoms with Gasteiger partial charge in [-0.3, -0.25) is 38.8 Å².